The van der Waals surface area contributed by atoms with E-state index in [4.69, 9.17) is 0 Å². The number of H-pyrrole nitrogens is 1. The number of carbonyl (C=O) groups excluding carboxylic acids is 1. The summed E-state index contributed by atoms with van der Waals surface area (Å²) in [6.07, 6.45) is 3.23. The minimum atomic E-state index is -0.361. The zero-order valence-corrected chi connectivity index (χ0v) is 10.8. The molecular weight excluding hydrogens is 248 g/mol. The van der Waals surface area contributed by atoms with E-state index in [0.29, 0.717) is 18.7 Å². The second kappa shape index (κ2) is 4.26. The van der Waals surface area contributed by atoms with Gasteiger partial charge in [0.15, 0.2) is 0 Å². The van der Waals surface area contributed by atoms with Crippen LogP contribution in [-0.4, -0.2) is 40.1 Å². The first-order chi connectivity index (χ1) is 8.65. The number of aliphatic hydroxyl groups is 1. The normalized spacial score (nSPS) is 15.8. The molecule has 94 valence electrons. The fraction of sp³-hybridized carbons (Fsp3) is 0.308. The standard InChI is InChI=1S/C13H14N2O2S/c1-8-2-3-12(18-8)10-4-14-5-11(10)13(17)15-6-9(16)7-15/h2-5,9,14,16H,6-7H2,1H3. The topological polar surface area (TPSA) is 56.3 Å². The third-order valence-electron chi connectivity index (χ3n) is 3.13. The third kappa shape index (κ3) is 1.85. The lowest BCUT2D eigenvalue weighted by molar-refractivity contribution is 0.00596. The first-order valence-electron chi connectivity index (χ1n) is 5.86. The Labute approximate surface area is 109 Å². The largest absolute Gasteiger partial charge is 0.389 e. The number of nitrogens with zero attached hydrogens (tertiary/aromatic N) is 1. The molecule has 0 atom stereocenters. The lowest BCUT2D eigenvalue weighted by Crippen LogP contribution is -2.53. The first kappa shape index (κ1) is 11.5. The molecule has 18 heavy (non-hydrogen) atoms. The smallest absolute Gasteiger partial charge is 0.256 e. The molecule has 2 N–H and O–H groups in total. The molecule has 0 radical (unpaired) electrons. The highest BCUT2D eigenvalue weighted by Crippen LogP contribution is 2.31. The maximum absolute atomic E-state index is 12.2. The number of thiophene rings is 1. The monoisotopic (exact) mass is 262 g/mol. The van der Waals surface area contributed by atoms with E-state index in [2.05, 4.69) is 11.1 Å². The number of hydrogen-bond acceptors (Lipinski definition) is 3. The molecule has 1 aliphatic heterocycles. The molecule has 1 aliphatic rings. The van der Waals surface area contributed by atoms with Gasteiger partial charge in [0, 0.05) is 40.8 Å². The number of aromatic nitrogens is 1. The van der Waals surface area contributed by atoms with E-state index in [9.17, 15) is 9.90 Å². The molecular formula is C13H14N2O2S. The second-order valence-electron chi connectivity index (χ2n) is 4.56. The summed E-state index contributed by atoms with van der Waals surface area (Å²) in [4.78, 5) is 19.2. The van der Waals surface area contributed by atoms with E-state index in [1.165, 1.54) is 4.88 Å². The fourth-order valence-corrected chi connectivity index (χ4v) is 3.01. The summed E-state index contributed by atoms with van der Waals surface area (Å²) in [5, 5.41) is 9.25. The molecule has 0 spiro atoms. The lowest BCUT2D eigenvalue weighted by atomic mass is 10.1. The molecule has 1 fully saturated rings. The highest BCUT2D eigenvalue weighted by atomic mass is 32.1. The molecule has 0 aromatic carbocycles. The van der Waals surface area contributed by atoms with Crippen LogP contribution in [0.3, 0.4) is 0 Å². The maximum atomic E-state index is 12.2. The van der Waals surface area contributed by atoms with Crippen molar-refractivity contribution in [3.8, 4) is 10.4 Å². The van der Waals surface area contributed by atoms with E-state index in [1.807, 2.05) is 19.2 Å². The lowest BCUT2D eigenvalue weighted by Gasteiger charge is -2.35. The number of β-amino-alcohol motifs (C(OH)–C–C–N with tert-alkyl or cyclic N) is 1. The van der Waals surface area contributed by atoms with Crippen LogP contribution in [0.15, 0.2) is 24.5 Å². The molecule has 0 bridgehead atoms. The number of aliphatic hydroxyl groups excluding tert-OH is 1. The average molecular weight is 262 g/mol. The number of aromatic amines is 1. The Bertz CT molecular complexity index is 581. The van der Waals surface area contributed by atoms with Crippen LogP contribution in [-0.2, 0) is 0 Å². The summed E-state index contributed by atoms with van der Waals surface area (Å²) in [7, 11) is 0. The predicted molar refractivity (Wildman–Crippen MR) is 70.8 cm³/mol. The molecule has 4 nitrogen and oxygen atoms in total. The summed E-state index contributed by atoms with van der Waals surface area (Å²) in [6, 6.07) is 4.08. The Morgan fingerprint density at radius 1 is 1.44 bits per heavy atom. The minimum Gasteiger partial charge on any atom is -0.389 e. The van der Waals surface area contributed by atoms with Crippen molar-refractivity contribution in [3.05, 3.63) is 35.0 Å². The van der Waals surface area contributed by atoms with Crippen molar-refractivity contribution < 1.29 is 9.90 Å². The maximum Gasteiger partial charge on any atom is 0.256 e. The Morgan fingerprint density at radius 2 is 2.22 bits per heavy atom. The molecule has 3 rings (SSSR count). The number of nitrogens with one attached hydrogen (secondary N) is 1. The highest BCUT2D eigenvalue weighted by molar-refractivity contribution is 7.15. The van der Waals surface area contributed by atoms with Crippen molar-refractivity contribution in [2.24, 2.45) is 0 Å². The Balaban J connectivity index is 1.90. The molecule has 2 aromatic heterocycles. The van der Waals surface area contributed by atoms with Gasteiger partial charge in [-0.3, -0.25) is 4.79 Å². The summed E-state index contributed by atoms with van der Waals surface area (Å²) >= 11 is 1.67. The van der Waals surface area contributed by atoms with E-state index in [0.717, 1.165) is 10.4 Å². The van der Waals surface area contributed by atoms with Crippen molar-refractivity contribution in [3.63, 3.8) is 0 Å². The zero-order valence-electron chi connectivity index (χ0n) is 10.0. The van der Waals surface area contributed by atoms with Gasteiger partial charge in [0.2, 0.25) is 0 Å². The quantitative estimate of drug-likeness (QED) is 0.868. The van der Waals surface area contributed by atoms with Crippen LogP contribution in [0.5, 0.6) is 0 Å². The van der Waals surface area contributed by atoms with Crippen molar-refractivity contribution in [2.75, 3.05) is 13.1 Å². The van der Waals surface area contributed by atoms with Crippen LogP contribution in [0.1, 0.15) is 15.2 Å². The van der Waals surface area contributed by atoms with Gasteiger partial charge in [0.1, 0.15) is 0 Å². The minimum absolute atomic E-state index is 0.0115. The summed E-state index contributed by atoms with van der Waals surface area (Å²) in [6.45, 7) is 2.92. The van der Waals surface area contributed by atoms with Crippen molar-refractivity contribution in [2.45, 2.75) is 13.0 Å². The third-order valence-corrected chi connectivity index (χ3v) is 4.17. The van der Waals surface area contributed by atoms with E-state index >= 15 is 0 Å². The number of carbonyl (C=O) groups is 1. The van der Waals surface area contributed by atoms with E-state index in [1.54, 1.807) is 22.4 Å². The van der Waals surface area contributed by atoms with Gasteiger partial charge >= 0.3 is 0 Å². The molecule has 0 saturated carbocycles. The van der Waals surface area contributed by atoms with Gasteiger partial charge < -0.3 is 15.0 Å². The summed E-state index contributed by atoms with van der Waals surface area (Å²) in [5.74, 6) is -0.0115. The Morgan fingerprint density at radius 3 is 2.83 bits per heavy atom. The van der Waals surface area contributed by atoms with Gasteiger partial charge in [-0.05, 0) is 19.1 Å². The van der Waals surface area contributed by atoms with Gasteiger partial charge in [-0.25, -0.2) is 0 Å². The van der Waals surface area contributed by atoms with Crippen LogP contribution in [0.2, 0.25) is 0 Å². The van der Waals surface area contributed by atoms with Gasteiger partial charge in [-0.2, -0.15) is 0 Å². The molecule has 1 saturated heterocycles. The van der Waals surface area contributed by atoms with E-state index in [-0.39, 0.29) is 12.0 Å². The molecule has 3 heterocycles. The number of rotatable bonds is 2. The van der Waals surface area contributed by atoms with Gasteiger partial charge in [0.05, 0.1) is 11.7 Å². The Hall–Kier alpha value is -1.59. The van der Waals surface area contributed by atoms with Crippen molar-refractivity contribution >= 4 is 17.2 Å². The first-order valence-corrected chi connectivity index (χ1v) is 6.68. The fourth-order valence-electron chi connectivity index (χ4n) is 2.12. The Kier molecular flexibility index (Phi) is 2.72. The van der Waals surface area contributed by atoms with Crippen molar-refractivity contribution in [1.29, 1.82) is 0 Å². The van der Waals surface area contributed by atoms with Gasteiger partial charge in [0.25, 0.3) is 5.91 Å². The SMILES string of the molecule is Cc1ccc(-c2c[nH]cc2C(=O)N2CC(O)C2)s1. The van der Waals surface area contributed by atoms with Crippen molar-refractivity contribution in [1.82, 2.24) is 9.88 Å². The number of hydrogen-bond donors (Lipinski definition) is 2. The van der Waals surface area contributed by atoms with Crippen LogP contribution in [0.4, 0.5) is 0 Å². The van der Waals surface area contributed by atoms with E-state index < -0.39 is 0 Å². The highest BCUT2D eigenvalue weighted by Gasteiger charge is 2.31. The van der Waals surface area contributed by atoms with Crippen LogP contribution in [0, 0.1) is 6.92 Å². The zero-order chi connectivity index (χ0) is 12.7. The molecule has 5 heteroatoms. The molecule has 0 aliphatic carbocycles. The van der Waals surface area contributed by atoms with Gasteiger partial charge in [-0.1, -0.05) is 0 Å². The molecule has 2 aromatic rings. The molecule has 0 unspecified atom stereocenters. The van der Waals surface area contributed by atoms with Crippen LogP contribution < -0.4 is 0 Å². The number of aryl methyl sites for hydroxylation is 1. The average Bonchev–Trinajstić information content (AvgIpc) is 2.91. The molecule has 1 amide bonds. The summed E-state index contributed by atoms with van der Waals surface area (Å²) in [5.41, 5.74) is 1.63. The predicted octanol–water partition coefficient (Wildman–Crippen LogP) is 1.87. The number of amides is 1. The number of likely N-dealkylation sites (tertiary alicyclic amines) is 1. The van der Waals surface area contributed by atoms with Crippen LogP contribution >= 0.6 is 11.3 Å². The second-order valence-corrected chi connectivity index (χ2v) is 5.84. The summed E-state index contributed by atoms with van der Waals surface area (Å²) < 4.78 is 0. The van der Waals surface area contributed by atoms with Gasteiger partial charge in [-0.15, -0.1) is 11.3 Å². The van der Waals surface area contributed by atoms with Crippen LogP contribution in [0.25, 0.3) is 10.4 Å².